The van der Waals surface area contributed by atoms with Crippen LogP contribution in [0.4, 0.5) is 5.69 Å². The van der Waals surface area contributed by atoms with Crippen LogP contribution >= 0.6 is 0 Å². The summed E-state index contributed by atoms with van der Waals surface area (Å²) in [7, 11) is 0. The lowest BCUT2D eigenvalue weighted by atomic mass is 9.93. The number of aromatic amines is 1. The molecule has 0 saturated heterocycles. The zero-order valence-corrected chi connectivity index (χ0v) is 11.3. The molecule has 0 aliphatic heterocycles. The second-order valence-electron chi connectivity index (χ2n) is 5.38. The van der Waals surface area contributed by atoms with Gasteiger partial charge in [0.2, 0.25) is 0 Å². The normalized spacial score (nSPS) is 11.9. The first-order valence-electron chi connectivity index (χ1n) is 6.37. The molecule has 1 aromatic heterocycles. The van der Waals surface area contributed by atoms with Gasteiger partial charge in [-0.1, -0.05) is 27.7 Å². The molecule has 2 rings (SSSR count). The second-order valence-corrected chi connectivity index (χ2v) is 5.38. The van der Waals surface area contributed by atoms with Gasteiger partial charge in [-0.2, -0.15) is 0 Å². The summed E-state index contributed by atoms with van der Waals surface area (Å²) in [4.78, 5) is 13.8. The Balaban J connectivity index is 2.27. The Morgan fingerprint density at radius 1 is 1.17 bits per heavy atom. The average Bonchev–Trinajstić information content (AvgIpc) is 2.64. The second kappa shape index (κ2) is 4.88. The summed E-state index contributed by atoms with van der Waals surface area (Å²) in [6.45, 7) is 8.82. The Morgan fingerprint density at radius 2 is 1.83 bits per heavy atom. The maximum absolute atomic E-state index is 11.1. The Labute approximate surface area is 106 Å². The number of rotatable bonds is 4. The largest absolute Gasteiger partial charge is 0.417 e. The summed E-state index contributed by atoms with van der Waals surface area (Å²) in [6.07, 6.45) is 0. The number of nitrogens with one attached hydrogen (secondary N) is 2. The van der Waals surface area contributed by atoms with Gasteiger partial charge in [-0.15, -0.1) is 0 Å². The molecule has 0 atom stereocenters. The molecule has 0 amide bonds. The molecule has 0 saturated carbocycles. The Bertz CT molecular complexity index is 573. The van der Waals surface area contributed by atoms with Crippen molar-refractivity contribution in [1.82, 2.24) is 4.98 Å². The van der Waals surface area contributed by atoms with E-state index in [9.17, 15) is 4.79 Å². The minimum Gasteiger partial charge on any atom is -0.408 e. The van der Waals surface area contributed by atoms with E-state index in [4.69, 9.17) is 4.42 Å². The maximum atomic E-state index is 11.1. The van der Waals surface area contributed by atoms with Gasteiger partial charge in [0.1, 0.15) is 0 Å². The van der Waals surface area contributed by atoms with Crippen molar-refractivity contribution in [1.29, 1.82) is 0 Å². The molecule has 0 spiro atoms. The first-order chi connectivity index (χ1) is 8.47. The summed E-state index contributed by atoms with van der Waals surface area (Å²) in [5.41, 5.74) is 2.33. The SMILES string of the molecule is CC(C)C(Nc1ccc2oc(=O)[nH]c2c1)C(C)C. The number of H-pyrrole nitrogens is 1. The van der Waals surface area contributed by atoms with Crippen molar-refractivity contribution in [2.75, 3.05) is 5.32 Å². The number of benzene rings is 1. The van der Waals surface area contributed by atoms with Crippen LogP contribution in [0.5, 0.6) is 0 Å². The number of oxazole rings is 1. The van der Waals surface area contributed by atoms with Crippen molar-refractivity contribution in [3.63, 3.8) is 0 Å². The molecule has 0 aliphatic rings. The van der Waals surface area contributed by atoms with Crippen LogP contribution in [0.25, 0.3) is 11.1 Å². The van der Waals surface area contributed by atoms with Crippen molar-refractivity contribution in [2.24, 2.45) is 11.8 Å². The van der Waals surface area contributed by atoms with Gasteiger partial charge in [0, 0.05) is 11.7 Å². The van der Waals surface area contributed by atoms with Gasteiger partial charge in [-0.05, 0) is 30.0 Å². The third-order valence-electron chi connectivity index (χ3n) is 3.19. The molecule has 0 radical (unpaired) electrons. The summed E-state index contributed by atoms with van der Waals surface area (Å²) in [6, 6.07) is 6.07. The fraction of sp³-hybridized carbons (Fsp3) is 0.500. The van der Waals surface area contributed by atoms with Crippen molar-refractivity contribution in [3.8, 4) is 0 Å². The van der Waals surface area contributed by atoms with E-state index in [0.29, 0.717) is 23.5 Å². The minimum absolute atomic E-state index is 0.404. The standard InChI is InChI=1S/C14H20N2O2/c1-8(2)13(9(3)4)15-10-5-6-12-11(7-10)16-14(17)18-12/h5-9,13,15H,1-4H3,(H,16,17). The highest BCUT2D eigenvalue weighted by molar-refractivity contribution is 5.76. The number of hydrogen-bond donors (Lipinski definition) is 2. The van der Waals surface area contributed by atoms with E-state index in [-0.39, 0.29) is 0 Å². The highest BCUT2D eigenvalue weighted by Gasteiger charge is 2.17. The molecule has 98 valence electrons. The fourth-order valence-corrected chi connectivity index (χ4v) is 2.34. The molecule has 2 N–H and O–H groups in total. The number of anilines is 1. The average molecular weight is 248 g/mol. The fourth-order valence-electron chi connectivity index (χ4n) is 2.34. The lowest BCUT2D eigenvalue weighted by Crippen LogP contribution is -2.31. The Morgan fingerprint density at radius 3 is 2.44 bits per heavy atom. The molecule has 2 aromatic rings. The number of hydrogen-bond acceptors (Lipinski definition) is 3. The summed E-state index contributed by atoms with van der Waals surface area (Å²) < 4.78 is 4.98. The molecule has 1 aromatic carbocycles. The van der Waals surface area contributed by atoms with Crippen LogP contribution in [-0.4, -0.2) is 11.0 Å². The van der Waals surface area contributed by atoms with Crippen LogP contribution in [0.15, 0.2) is 27.4 Å². The van der Waals surface area contributed by atoms with Crippen molar-refractivity contribution in [2.45, 2.75) is 33.7 Å². The zero-order chi connectivity index (χ0) is 13.3. The monoisotopic (exact) mass is 248 g/mol. The molecule has 4 heteroatoms. The molecule has 0 aliphatic carbocycles. The van der Waals surface area contributed by atoms with Gasteiger partial charge in [0.25, 0.3) is 0 Å². The maximum Gasteiger partial charge on any atom is 0.417 e. The molecule has 4 nitrogen and oxygen atoms in total. The molecule has 0 unspecified atom stereocenters. The first kappa shape index (κ1) is 12.7. The molecular formula is C14H20N2O2. The Hall–Kier alpha value is -1.71. The van der Waals surface area contributed by atoms with Gasteiger partial charge >= 0.3 is 5.76 Å². The lowest BCUT2D eigenvalue weighted by Gasteiger charge is -2.27. The van der Waals surface area contributed by atoms with Crippen LogP contribution in [0.1, 0.15) is 27.7 Å². The predicted molar refractivity (Wildman–Crippen MR) is 73.9 cm³/mol. The topological polar surface area (TPSA) is 58.0 Å². The van der Waals surface area contributed by atoms with E-state index >= 15 is 0 Å². The molecular weight excluding hydrogens is 228 g/mol. The summed E-state index contributed by atoms with van der Waals surface area (Å²) in [5, 5.41) is 3.52. The summed E-state index contributed by atoms with van der Waals surface area (Å²) >= 11 is 0. The van der Waals surface area contributed by atoms with Crippen LogP contribution in [0, 0.1) is 11.8 Å². The van der Waals surface area contributed by atoms with Crippen molar-refractivity contribution < 1.29 is 4.42 Å². The first-order valence-corrected chi connectivity index (χ1v) is 6.37. The molecule has 0 bridgehead atoms. The van der Waals surface area contributed by atoms with E-state index < -0.39 is 5.76 Å². The van der Waals surface area contributed by atoms with Gasteiger partial charge < -0.3 is 9.73 Å². The predicted octanol–water partition coefficient (Wildman–Crippen LogP) is 3.21. The van der Waals surface area contributed by atoms with Crippen molar-refractivity contribution >= 4 is 16.8 Å². The van der Waals surface area contributed by atoms with Crippen LogP contribution in [0.2, 0.25) is 0 Å². The van der Waals surface area contributed by atoms with E-state index in [1.807, 2.05) is 18.2 Å². The van der Waals surface area contributed by atoms with Gasteiger partial charge in [-0.3, -0.25) is 4.98 Å². The van der Waals surface area contributed by atoms with Crippen LogP contribution in [0.3, 0.4) is 0 Å². The smallest absolute Gasteiger partial charge is 0.408 e. The van der Waals surface area contributed by atoms with E-state index in [0.717, 1.165) is 11.2 Å². The van der Waals surface area contributed by atoms with Gasteiger partial charge in [0.05, 0.1) is 5.52 Å². The molecule has 18 heavy (non-hydrogen) atoms. The van der Waals surface area contributed by atoms with Crippen LogP contribution in [-0.2, 0) is 0 Å². The van der Waals surface area contributed by atoms with E-state index in [2.05, 4.69) is 38.0 Å². The van der Waals surface area contributed by atoms with E-state index in [1.165, 1.54) is 0 Å². The quantitative estimate of drug-likeness (QED) is 0.873. The zero-order valence-electron chi connectivity index (χ0n) is 11.3. The highest BCUT2D eigenvalue weighted by Crippen LogP contribution is 2.21. The van der Waals surface area contributed by atoms with Crippen molar-refractivity contribution in [3.05, 3.63) is 28.7 Å². The lowest BCUT2D eigenvalue weighted by molar-refractivity contribution is 0.413. The highest BCUT2D eigenvalue weighted by atomic mass is 16.4. The van der Waals surface area contributed by atoms with Gasteiger partial charge in [0.15, 0.2) is 5.58 Å². The number of aromatic nitrogens is 1. The molecule has 1 heterocycles. The third-order valence-corrected chi connectivity index (χ3v) is 3.19. The van der Waals surface area contributed by atoms with Crippen LogP contribution < -0.4 is 11.1 Å². The van der Waals surface area contributed by atoms with E-state index in [1.54, 1.807) is 0 Å². The number of fused-ring (bicyclic) bond motifs is 1. The molecule has 0 fully saturated rings. The van der Waals surface area contributed by atoms with Gasteiger partial charge in [-0.25, -0.2) is 4.79 Å². The Kier molecular flexibility index (Phi) is 3.45. The summed E-state index contributed by atoms with van der Waals surface area (Å²) in [5.74, 6) is 0.680. The minimum atomic E-state index is -0.411. The third kappa shape index (κ3) is 2.58.